The molecule has 142 valence electrons. The third-order valence-electron chi connectivity index (χ3n) is 3.60. The van der Waals surface area contributed by atoms with Gasteiger partial charge >= 0.3 is 12.1 Å². The fourth-order valence-electron chi connectivity index (χ4n) is 2.12. The normalized spacial score (nSPS) is 11.4. The summed E-state index contributed by atoms with van der Waals surface area (Å²) in [5, 5.41) is 0. The molecule has 0 aliphatic rings. The van der Waals surface area contributed by atoms with Gasteiger partial charge in [-0.25, -0.2) is 11.4 Å². The Hall–Kier alpha value is -2.75. The molecule has 1 aromatic carbocycles. The summed E-state index contributed by atoms with van der Waals surface area (Å²) >= 11 is 0. The molecule has 0 aliphatic carbocycles. The van der Waals surface area contributed by atoms with Crippen molar-refractivity contribution < 1.29 is 23.8 Å². The molecule has 1 unspecified atom stereocenters. The molecule has 0 spiro atoms. The monoisotopic (exact) mass is 362 g/mol. The number of amides is 1. The van der Waals surface area contributed by atoms with Gasteiger partial charge in [-0.1, -0.05) is 26.0 Å². The molecule has 0 radical (unpaired) electrons. The molecule has 1 rings (SSSR count). The van der Waals surface area contributed by atoms with E-state index < -0.39 is 12.1 Å². The van der Waals surface area contributed by atoms with Crippen molar-refractivity contribution in [1.29, 1.82) is 0 Å². The summed E-state index contributed by atoms with van der Waals surface area (Å²) in [4.78, 5) is 28.6. The van der Waals surface area contributed by atoms with E-state index in [9.17, 15) is 9.59 Å². The van der Waals surface area contributed by atoms with Crippen molar-refractivity contribution >= 4 is 12.1 Å². The van der Waals surface area contributed by atoms with Crippen LogP contribution >= 0.6 is 0 Å². The van der Waals surface area contributed by atoms with Gasteiger partial charge in [-0.3, -0.25) is 9.69 Å². The van der Waals surface area contributed by atoms with Crippen LogP contribution in [-0.2, 0) is 14.3 Å². The highest BCUT2D eigenvalue weighted by Crippen LogP contribution is 2.23. The van der Waals surface area contributed by atoms with E-state index in [1.165, 1.54) is 12.0 Å². The van der Waals surface area contributed by atoms with Gasteiger partial charge in [0.25, 0.3) is 0 Å². The van der Waals surface area contributed by atoms with E-state index in [1.54, 1.807) is 12.1 Å². The van der Waals surface area contributed by atoms with Gasteiger partial charge in [-0.05, 0) is 30.5 Å². The quantitative estimate of drug-likeness (QED) is 0.383. The lowest BCUT2D eigenvalue weighted by atomic mass is 10.1. The summed E-state index contributed by atoms with van der Waals surface area (Å²) in [6.45, 7) is 13.1. The lowest BCUT2D eigenvalue weighted by Crippen LogP contribution is -2.39. The van der Waals surface area contributed by atoms with Crippen LogP contribution in [0.25, 0.3) is 4.85 Å². The van der Waals surface area contributed by atoms with Crippen LogP contribution in [0.1, 0.15) is 32.4 Å². The van der Waals surface area contributed by atoms with E-state index in [1.807, 2.05) is 32.9 Å². The van der Waals surface area contributed by atoms with Crippen LogP contribution in [0, 0.1) is 12.5 Å². The van der Waals surface area contributed by atoms with Crippen molar-refractivity contribution in [3.63, 3.8) is 0 Å². The highest BCUT2D eigenvalue weighted by Gasteiger charge is 2.26. The number of ether oxygens (including phenoxy) is 3. The van der Waals surface area contributed by atoms with Crippen molar-refractivity contribution in [2.75, 3.05) is 33.4 Å². The van der Waals surface area contributed by atoms with Crippen molar-refractivity contribution in [2.45, 2.75) is 26.8 Å². The smallest absolute Gasteiger partial charge is 0.410 e. The molecule has 1 amide bonds. The number of esters is 1. The maximum atomic E-state index is 12.4. The van der Waals surface area contributed by atoms with Crippen molar-refractivity contribution in [1.82, 2.24) is 4.90 Å². The maximum absolute atomic E-state index is 12.4. The second kappa shape index (κ2) is 11.0. The molecule has 0 N–H and O–H groups in total. The Morgan fingerprint density at radius 1 is 1.19 bits per heavy atom. The van der Waals surface area contributed by atoms with Gasteiger partial charge in [0.05, 0.1) is 19.8 Å². The highest BCUT2D eigenvalue weighted by atomic mass is 16.6. The zero-order chi connectivity index (χ0) is 19.5. The fraction of sp³-hybridized carbons (Fsp3) is 0.526. The Bertz CT molecular complexity index is 622. The van der Waals surface area contributed by atoms with Crippen molar-refractivity contribution in [2.24, 2.45) is 5.92 Å². The summed E-state index contributed by atoms with van der Waals surface area (Å²) in [7, 11) is 1.28. The van der Waals surface area contributed by atoms with Crippen LogP contribution in [0.2, 0.25) is 0 Å². The zero-order valence-corrected chi connectivity index (χ0v) is 15.7. The fourth-order valence-corrected chi connectivity index (χ4v) is 2.12. The summed E-state index contributed by atoms with van der Waals surface area (Å²) in [5.41, 5.74) is 0.827. The minimum Gasteiger partial charge on any atom is -0.486 e. The Morgan fingerprint density at radius 2 is 1.85 bits per heavy atom. The predicted octanol–water partition coefficient (Wildman–Crippen LogP) is 3.31. The van der Waals surface area contributed by atoms with Gasteiger partial charge < -0.3 is 19.1 Å². The SMILES string of the molecule is [C-]#[N+]CCOc1ccc(C(C)N(CC(=O)OC)C(=O)OCC(C)C)cc1. The average molecular weight is 362 g/mol. The van der Waals surface area contributed by atoms with Gasteiger partial charge in [-0.15, -0.1) is 0 Å². The first-order valence-corrected chi connectivity index (χ1v) is 8.45. The Morgan fingerprint density at radius 3 is 2.38 bits per heavy atom. The highest BCUT2D eigenvalue weighted by molar-refractivity contribution is 5.78. The standard InChI is InChI=1S/C19H26N2O5/c1-14(2)13-26-19(23)21(12-18(22)24-5)15(3)16-6-8-17(9-7-16)25-11-10-20-4/h6-9,14-15H,10-13H2,1-3,5H3. The first-order valence-electron chi connectivity index (χ1n) is 8.45. The third-order valence-corrected chi connectivity index (χ3v) is 3.60. The van der Waals surface area contributed by atoms with Crippen LogP contribution in [0.15, 0.2) is 24.3 Å². The minimum absolute atomic E-state index is 0.195. The average Bonchev–Trinajstić information content (AvgIpc) is 2.64. The van der Waals surface area contributed by atoms with Crippen LogP contribution in [-0.4, -0.2) is 50.4 Å². The van der Waals surface area contributed by atoms with Gasteiger partial charge in [0.2, 0.25) is 6.54 Å². The van der Waals surface area contributed by atoms with E-state index in [2.05, 4.69) is 9.58 Å². The molecule has 0 saturated carbocycles. The van der Waals surface area contributed by atoms with E-state index in [0.29, 0.717) is 18.9 Å². The molecule has 0 saturated heterocycles. The predicted molar refractivity (Wildman–Crippen MR) is 96.7 cm³/mol. The van der Waals surface area contributed by atoms with Crippen LogP contribution in [0.5, 0.6) is 5.75 Å². The van der Waals surface area contributed by atoms with Gasteiger partial charge in [-0.2, -0.15) is 0 Å². The van der Waals surface area contributed by atoms with E-state index in [0.717, 1.165) is 5.56 Å². The van der Waals surface area contributed by atoms with Crippen LogP contribution in [0.3, 0.4) is 0 Å². The lowest BCUT2D eigenvalue weighted by molar-refractivity contribution is -0.142. The first kappa shape index (κ1) is 21.3. The summed E-state index contributed by atoms with van der Waals surface area (Å²) < 4.78 is 15.4. The first-order chi connectivity index (χ1) is 12.4. The van der Waals surface area contributed by atoms with Crippen LogP contribution < -0.4 is 4.74 Å². The molecule has 0 fully saturated rings. The molecule has 26 heavy (non-hydrogen) atoms. The number of carbonyl (C=O) groups excluding carboxylic acids is 2. The zero-order valence-electron chi connectivity index (χ0n) is 15.7. The molecule has 1 aromatic rings. The maximum Gasteiger partial charge on any atom is 0.410 e. The van der Waals surface area contributed by atoms with E-state index in [4.69, 9.17) is 16.0 Å². The van der Waals surface area contributed by atoms with Gasteiger partial charge in [0, 0.05) is 0 Å². The molecule has 7 heteroatoms. The topological polar surface area (TPSA) is 69.4 Å². The van der Waals surface area contributed by atoms with Crippen molar-refractivity contribution in [3.05, 3.63) is 41.2 Å². The molecule has 0 aliphatic heterocycles. The molecule has 7 nitrogen and oxygen atoms in total. The number of rotatable bonds is 9. The number of hydrogen-bond acceptors (Lipinski definition) is 5. The van der Waals surface area contributed by atoms with E-state index >= 15 is 0 Å². The van der Waals surface area contributed by atoms with E-state index in [-0.39, 0.29) is 25.1 Å². The van der Waals surface area contributed by atoms with Gasteiger partial charge in [0.1, 0.15) is 12.3 Å². The number of nitrogens with zero attached hydrogens (tertiary/aromatic N) is 2. The second-order valence-electron chi connectivity index (χ2n) is 6.15. The largest absolute Gasteiger partial charge is 0.486 e. The minimum atomic E-state index is -0.561. The lowest BCUT2D eigenvalue weighted by Gasteiger charge is -2.28. The Kier molecular flexibility index (Phi) is 8.99. The van der Waals surface area contributed by atoms with Crippen LogP contribution in [0.4, 0.5) is 4.79 Å². The second-order valence-corrected chi connectivity index (χ2v) is 6.15. The molecule has 1 atom stereocenters. The number of benzene rings is 1. The number of carbonyl (C=O) groups is 2. The molecular weight excluding hydrogens is 336 g/mol. The molecule has 0 bridgehead atoms. The summed E-state index contributed by atoms with van der Waals surface area (Å²) in [6, 6.07) is 6.79. The molecule has 0 heterocycles. The molecular formula is C19H26N2O5. The molecule has 0 aromatic heterocycles. The van der Waals surface area contributed by atoms with Gasteiger partial charge in [0.15, 0.2) is 6.61 Å². The third kappa shape index (κ3) is 7.01. The Balaban J connectivity index is 2.85. The number of hydrogen-bond donors (Lipinski definition) is 0. The Labute approximate surface area is 154 Å². The number of methoxy groups -OCH3 is 1. The van der Waals surface area contributed by atoms with Crippen molar-refractivity contribution in [3.8, 4) is 5.75 Å². The summed E-state index contributed by atoms with van der Waals surface area (Å²) in [5.74, 6) is 0.324. The summed E-state index contributed by atoms with van der Waals surface area (Å²) in [6.07, 6.45) is -0.561.